The van der Waals surface area contributed by atoms with E-state index in [4.69, 9.17) is 4.74 Å². The number of epoxide rings is 1. The highest BCUT2D eigenvalue weighted by atomic mass is 16.6. The summed E-state index contributed by atoms with van der Waals surface area (Å²) < 4.78 is 5.59. The van der Waals surface area contributed by atoms with E-state index >= 15 is 0 Å². The predicted octanol–water partition coefficient (Wildman–Crippen LogP) is 4.27. The normalized spacial score (nSPS) is 35.1. The topological polar surface area (TPSA) is 12.5 Å². The molecule has 17 heavy (non-hydrogen) atoms. The van der Waals surface area contributed by atoms with Gasteiger partial charge in [-0.15, -0.1) is 0 Å². The average Bonchev–Trinajstić information content (AvgIpc) is 3.12. The molecule has 0 bridgehead atoms. The van der Waals surface area contributed by atoms with E-state index in [1.54, 1.807) is 0 Å². The Bertz CT molecular complexity index is 351. The maximum Gasteiger partial charge on any atom is 0.0844 e. The highest BCUT2D eigenvalue weighted by Crippen LogP contribution is 2.42. The lowest BCUT2D eigenvalue weighted by molar-refractivity contribution is 0.318. The third-order valence-corrected chi connectivity index (χ3v) is 4.37. The molecule has 0 aromatic heterocycles. The van der Waals surface area contributed by atoms with Gasteiger partial charge in [0.2, 0.25) is 0 Å². The molecule has 94 valence electrons. The van der Waals surface area contributed by atoms with Gasteiger partial charge < -0.3 is 4.74 Å². The summed E-state index contributed by atoms with van der Waals surface area (Å²) in [5, 5.41) is 0. The van der Waals surface area contributed by atoms with Crippen LogP contribution < -0.4 is 0 Å². The number of ether oxygens (including phenoxy) is 1. The molecule has 4 atom stereocenters. The zero-order chi connectivity index (χ0) is 12.4. The second kappa shape index (κ2) is 5.22. The molecule has 2 aliphatic rings. The van der Waals surface area contributed by atoms with Crippen molar-refractivity contribution >= 4 is 0 Å². The highest BCUT2D eigenvalue weighted by molar-refractivity contribution is 5.29. The van der Waals surface area contributed by atoms with Gasteiger partial charge in [-0.25, -0.2) is 0 Å². The van der Waals surface area contributed by atoms with Crippen LogP contribution in [-0.2, 0) is 4.74 Å². The summed E-state index contributed by atoms with van der Waals surface area (Å²) >= 11 is 0. The van der Waals surface area contributed by atoms with E-state index in [2.05, 4.69) is 39.5 Å². The van der Waals surface area contributed by atoms with Gasteiger partial charge in [-0.1, -0.05) is 31.7 Å². The van der Waals surface area contributed by atoms with E-state index < -0.39 is 0 Å². The molecule has 4 unspecified atom stereocenters. The van der Waals surface area contributed by atoms with Crippen molar-refractivity contribution in [2.45, 2.75) is 52.2 Å². The summed E-state index contributed by atoms with van der Waals surface area (Å²) in [6, 6.07) is 0. The fourth-order valence-corrected chi connectivity index (χ4v) is 2.66. The largest absolute Gasteiger partial charge is 0.370 e. The van der Waals surface area contributed by atoms with Crippen molar-refractivity contribution in [2.24, 2.45) is 11.8 Å². The van der Waals surface area contributed by atoms with E-state index in [-0.39, 0.29) is 0 Å². The lowest BCUT2D eigenvalue weighted by atomic mass is 9.80. The fraction of sp³-hybridized carbons (Fsp3) is 0.625. The molecular weight excluding hydrogens is 208 g/mol. The Morgan fingerprint density at radius 1 is 1.24 bits per heavy atom. The van der Waals surface area contributed by atoms with Crippen LogP contribution in [0, 0.1) is 11.8 Å². The van der Waals surface area contributed by atoms with Gasteiger partial charge in [0, 0.05) is 0 Å². The van der Waals surface area contributed by atoms with Crippen molar-refractivity contribution in [3.8, 4) is 0 Å². The van der Waals surface area contributed by atoms with Crippen molar-refractivity contribution in [3.63, 3.8) is 0 Å². The molecule has 1 aliphatic heterocycles. The van der Waals surface area contributed by atoms with Crippen LogP contribution in [0.2, 0.25) is 0 Å². The Labute approximate surface area is 105 Å². The van der Waals surface area contributed by atoms with Crippen molar-refractivity contribution in [2.75, 3.05) is 0 Å². The minimum atomic E-state index is 0.594. The molecule has 2 rings (SSSR count). The fourth-order valence-electron chi connectivity index (χ4n) is 2.66. The van der Waals surface area contributed by atoms with Crippen LogP contribution in [0.15, 0.2) is 36.0 Å². The number of hydrogen-bond acceptors (Lipinski definition) is 1. The van der Waals surface area contributed by atoms with E-state index in [9.17, 15) is 0 Å². The summed E-state index contributed by atoms with van der Waals surface area (Å²) in [6.45, 7) is 10.4. The lowest BCUT2D eigenvalue weighted by Crippen LogP contribution is -2.18. The number of allylic oxidation sites excluding steroid dienone is 5. The van der Waals surface area contributed by atoms with Crippen LogP contribution in [-0.4, -0.2) is 12.2 Å². The predicted molar refractivity (Wildman–Crippen MR) is 72.9 cm³/mol. The Morgan fingerprint density at radius 2 is 2.00 bits per heavy atom. The number of hydrogen-bond donors (Lipinski definition) is 0. The summed E-state index contributed by atoms with van der Waals surface area (Å²) in [5.74, 6) is 1.47. The van der Waals surface area contributed by atoms with Gasteiger partial charge in [0.25, 0.3) is 0 Å². The molecule has 1 heterocycles. The zero-order valence-corrected chi connectivity index (χ0v) is 11.3. The quantitative estimate of drug-likeness (QED) is 0.521. The lowest BCUT2D eigenvalue weighted by Gasteiger charge is -2.23. The molecule has 2 fully saturated rings. The smallest absolute Gasteiger partial charge is 0.0844 e. The van der Waals surface area contributed by atoms with E-state index in [0.29, 0.717) is 18.1 Å². The minimum Gasteiger partial charge on any atom is -0.370 e. The Kier molecular flexibility index (Phi) is 3.88. The van der Waals surface area contributed by atoms with Crippen LogP contribution >= 0.6 is 0 Å². The zero-order valence-electron chi connectivity index (χ0n) is 11.3. The van der Waals surface area contributed by atoms with Crippen LogP contribution in [0.3, 0.4) is 0 Å². The van der Waals surface area contributed by atoms with Gasteiger partial charge >= 0.3 is 0 Å². The monoisotopic (exact) mass is 232 g/mol. The molecule has 1 nitrogen and oxygen atoms in total. The second-order valence-corrected chi connectivity index (χ2v) is 5.57. The maximum absolute atomic E-state index is 5.59. The van der Waals surface area contributed by atoms with E-state index in [1.165, 1.54) is 30.4 Å². The SMILES string of the molecule is C=C/C(C)=C(C)\C=C\C(C)C1CCC2OC2C1. The standard InChI is InChI=1S/C16H24O/c1-5-11(2)12(3)6-7-13(4)14-8-9-15-16(10-14)17-15/h5-7,13-16H,1,8-10H2,2-4H3/b7-6+,12-11-. The third kappa shape index (κ3) is 3.10. The Morgan fingerprint density at radius 3 is 2.65 bits per heavy atom. The first-order chi connectivity index (χ1) is 8.11. The van der Waals surface area contributed by atoms with Crippen LogP contribution in [0.5, 0.6) is 0 Å². The Hall–Kier alpha value is -0.820. The van der Waals surface area contributed by atoms with Gasteiger partial charge in [-0.2, -0.15) is 0 Å². The average molecular weight is 232 g/mol. The van der Waals surface area contributed by atoms with Gasteiger partial charge in [0.15, 0.2) is 0 Å². The molecule has 0 amide bonds. The Balaban J connectivity index is 1.89. The molecule has 0 aromatic carbocycles. The van der Waals surface area contributed by atoms with Crippen LogP contribution in [0.25, 0.3) is 0 Å². The van der Waals surface area contributed by atoms with Gasteiger partial charge in [-0.05, 0) is 56.1 Å². The summed E-state index contributed by atoms with van der Waals surface area (Å²) in [4.78, 5) is 0. The molecule has 0 radical (unpaired) electrons. The van der Waals surface area contributed by atoms with Gasteiger partial charge in [0.1, 0.15) is 0 Å². The molecular formula is C16H24O. The molecule has 0 N–H and O–H groups in total. The minimum absolute atomic E-state index is 0.594. The highest BCUT2D eigenvalue weighted by Gasteiger charge is 2.44. The molecule has 1 saturated carbocycles. The van der Waals surface area contributed by atoms with Crippen LogP contribution in [0.4, 0.5) is 0 Å². The molecule has 0 aromatic rings. The van der Waals surface area contributed by atoms with Gasteiger partial charge in [-0.3, -0.25) is 0 Å². The number of rotatable bonds is 4. The van der Waals surface area contributed by atoms with Crippen LogP contribution in [0.1, 0.15) is 40.0 Å². The van der Waals surface area contributed by atoms with Crippen molar-refractivity contribution in [1.82, 2.24) is 0 Å². The third-order valence-electron chi connectivity index (χ3n) is 4.37. The summed E-state index contributed by atoms with van der Waals surface area (Å²) in [6.07, 6.45) is 11.6. The molecule has 1 saturated heterocycles. The van der Waals surface area contributed by atoms with Crippen molar-refractivity contribution < 1.29 is 4.74 Å². The molecule has 1 aliphatic carbocycles. The van der Waals surface area contributed by atoms with E-state index in [1.807, 2.05) is 6.08 Å². The second-order valence-electron chi connectivity index (χ2n) is 5.57. The number of fused-ring (bicyclic) bond motifs is 1. The first kappa shape index (κ1) is 12.6. The van der Waals surface area contributed by atoms with Crippen molar-refractivity contribution in [3.05, 3.63) is 36.0 Å². The maximum atomic E-state index is 5.59. The van der Waals surface area contributed by atoms with Gasteiger partial charge in [0.05, 0.1) is 12.2 Å². The van der Waals surface area contributed by atoms with Crippen molar-refractivity contribution in [1.29, 1.82) is 0 Å². The molecule has 1 heteroatoms. The van der Waals surface area contributed by atoms with E-state index in [0.717, 1.165) is 5.92 Å². The molecule has 0 spiro atoms. The summed E-state index contributed by atoms with van der Waals surface area (Å²) in [5.41, 5.74) is 2.59. The summed E-state index contributed by atoms with van der Waals surface area (Å²) in [7, 11) is 0. The first-order valence-corrected chi connectivity index (χ1v) is 6.75. The first-order valence-electron chi connectivity index (χ1n) is 6.75.